The number of pyridine rings is 1. The molecular formula is C28H33N3O3S. The van der Waals surface area contributed by atoms with Crippen LogP contribution >= 0.6 is 11.3 Å². The lowest BCUT2D eigenvalue weighted by Gasteiger charge is -2.29. The second kappa shape index (κ2) is 11.2. The Kier molecular flexibility index (Phi) is 8.07. The Morgan fingerprint density at radius 3 is 2.80 bits per heavy atom. The Bertz CT molecular complexity index is 1200. The zero-order valence-corrected chi connectivity index (χ0v) is 21.7. The van der Waals surface area contributed by atoms with Crippen molar-refractivity contribution in [2.24, 2.45) is 0 Å². The van der Waals surface area contributed by atoms with Crippen molar-refractivity contribution < 1.29 is 14.2 Å². The van der Waals surface area contributed by atoms with Crippen LogP contribution in [0.3, 0.4) is 0 Å². The largest absolute Gasteiger partial charge is 0.485 e. The van der Waals surface area contributed by atoms with Crippen LogP contribution < -0.4 is 10.5 Å². The summed E-state index contributed by atoms with van der Waals surface area (Å²) in [7, 11) is 0. The maximum Gasteiger partial charge on any atom is 0.166 e. The summed E-state index contributed by atoms with van der Waals surface area (Å²) in [4.78, 5) is 9.88. The van der Waals surface area contributed by atoms with Crippen LogP contribution in [0.4, 0.5) is 5.82 Å². The predicted molar refractivity (Wildman–Crippen MR) is 140 cm³/mol. The number of benzene rings is 1. The van der Waals surface area contributed by atoms with Crippen LogP contribution in [-0.4, -0.2) is 28.5 Å². The van der Waals surface area contributed by atoms with E-state index in [-0.39, 0.29) is 6.29 Å². The van der Waals surface area contributed by atoms with E-state index in [2.05, 4.69) is 35.7 Å². The zero-order chi connectivity index (χ0) is 24.8. The van der Waals surface area contributed by atoms with Gasteiger partial charge in [-0.25, -0.2) is 9.97 Å². The van der Waals surface area contributed by atoms with Crippen molar-refractivity contribution in [3.8, 4) is 28.0 Å². The molecule has 0 radical (unpaired) electrons. The number of nitrogens with two attached hydrogens (primary N) is 1. The third kappa shape index (κ3) is 7.04. The van der Waals surface area contributed by atoms with Crippen LogP contribution in [0, 0.1) is 11.8 Å². The van der Waals surface area contributed by atoms with E-state index in [0.717, 1.165) is 52.4 Å². The quantitative estimate of drug-likeness (QED) is 0.399. The minimum absolute atomic E-state index is 0.176. The van der Waals surface area contributed by atoms with Gasteiger partial charge in [0.25, 0.3) is 0 Å². The molecule has 0 saturated carbocycles. The minimum atomic E-state index is -0.596. The van der Waals surface area contributed by atoms with Crippen LogP contribution in [-0.2, 0) is 16.1 Å². The molecule has 6 nitrogen and oxygen atoms in total. The average Bonchev–Trinajstić information content (AvgIpc) is 3.34. The van der Waals surface area contributed by atoms with Crippen LogP contribution in [0.2, 0.25) is 0 Å². The first-order chi connectivity index (χ1) is 16.8. The van der Waals surface area contributed by atoms with Gasteiger partial charge in [0.1, 0.15) is 12.2 Å². The summed E-state index contributed by atoms with van der Waals surface area (Å²) in [5, 5.41) is 1.09. The first-order valence-corrected chi connectivity index (χ1v) is 12.9. The minimum Gasteiger partial charge on any atom is -0.485 e. The highest BCUT2D eigenvalue weighted by molar-refractivity contribution is 7.15. The normalized spacial score (nSPS) is 16.1. The van der Waals surface area contributed by atoms with E-state index in [1.165, 1.54) is 0 Å². The summed E-state index contributed by atoms with van der Waals surface area (Å²) in [6, 6.07) is 9.91. The Morgan fingerprint density at radius 1 is 1.20 bits per heavy atom. The van der Waals surface area contributed by atoms with Crippen molar-refractivity contribution in [1.82, 2.24) is 9.97 Å². The van der Waals surface area contributed by atoms with Crippen LogP contribution in [0.15, 0.2) is 42.7 Å². The summed E-state index contributed by atoms with van der Waals surface area (Å²) in [5.41, 5.74) is 8.34. The Morgan fingerprint density at radius 2 is 2.06 bits per heavy atom. The van der Waals surface area contributed by atoms with E-state index in [9.17, 15) is 0 Å². The number of hydrogen-bond donors (Lipinski definition) is 1. The highest BCUT2D eigenvalue weighted by Crippen LogP contribution is 2.33. The third-order valence-corrected chi connectivity index (χ3v) is 6.92. The first kappa shape index (κ1) is 25.2. The van der Waals surface area contributed by atoms with Crippen molar-refractivity contribution >= 4 is 17.2 Å². The van der Waals surface area contributed by atoms with Crippen molar-refractivity contribution in [2.45, 2.75) is 71.4 Å². The van der Waals surface area contributed by atoms with Crippen LogP contribution in [0.5, 0.6) is 5.75 Å². The SMILES string of the molecule is CC(C)c1ncc(-c2cnc(N)c(OCc3cccc(C#CC(C)(C)OC4CCCCO4)c3)c2)s1. The second-order valence-corrected chi connectivity index (χ2v) is 10.6. The van der Waals surface area contributed by atoms with Gasteiger partial charge < -0.3 is 19.9 Å². The molecule has 1 aliphatic heterocycles. The number of rotatable bonds is 7. The van der Waals surface area contributed by atoms with E-state index >= 15 is 0 Å². The highest BCUT2D eigenvalue weighted by atomic mass is 32.1. The number of thiazole rings is 1. The van der Waals surface area contributed by atoms with E-state index in [0.29, 0.717) is 24.1 Å². The first-order valence-electron chi connectivity index (χ1n) is 12.0. The molecule has 4 rings (SSSR count). The number of aromatic nitrogens is 2. The van der Waals surface area contributed by atoms with Crippen LogP contribution in [0.1, 0.15) is 69.0 Å². The summed E-state index contributed by atoms with van der Waals surface area (Å²) in [6.45, 7) is 9.33. The molecule has 7 heteroatoms. The van der Waals surface area contributed by atoms with E-state index in [4.69, 9.17) is 19.9 Å². The number of nitrogen functional groups attached to an aromatic ring is 1. The molecule has 1 aromatic carbocycles. The van der Waals surface area contributed by atoms with Gasteiger partial charge in [0.2, 0.25) is 0 Å². The predicted octanol–water partition coefficient (Wildman–Crippen LogP) is 6.16. The maximum absolute atomic E-state index is 6.09. The Labute approximate surface area is 211 Å². The van der Waals surface area contributed by atoms with E-state index in [1.807, 2.05) is 50.4 Å². The van der Waals surface area contributed by atoms with Gasteiger partial charge in [-0.2, -0.15) is 0 Å². The van der Waals surface area contributed by atoms with Gasteiger partial charge in [-0.1, -0.05) is 37.8 Å². The molecule has 184 valence electrons. The number of nitrogens with zero attached hydrogens (tertiary/aromatic N) is 2. The van der Waals surface area contributed by atoms with Gasteiger partial charge in [0, 0.05) is 36.0 Å². The van der Waals surface area contributed by atoms with Gasteiger partial charge in [-0.05, 0) is 56.9 Å². The van der Waals surface area contributed by atoms with Gasteiger partial charge in [-0.15, -0.1) is 11.3 Å². The number of anilines is 1. The summed E-state index contributed by atoms with van der Waals surface area (Å²) in [5.74, 6) is 7.79. The maximum atomic E-state index is 6.09. The molecule has 0 spiro atoms. The van der Waals surface area contributed by atoms with E-state index < -0.39 is 5.60 Å². The third-order valence-electron chi connectivity index (χ3n) is 5.58. The number of hydrogen-bond acceptors (Lipinski definition) is 7. The monoisotopic (exact) mass is 491 g/mol. The van der Waals surface area contributed by atoms with Crippen molar-refractivity contribution in [2.75, 3.05) is 12.3 Å². The van der Waals surface area contributed by atoms with Gasteiger partial charge in [0.05, 0.1) is 9.88 Å². The molecule has 1 saturated heterocycles. The van der Waals surface area contributed by atoms with Gasteiger partial charge in [-0.3, -0.25) is 0 Å². The topological polar surface area (TPSA) is 79.5 Å². The van der Waals surface area contributed by atoms with E-state index in [1.54, 1.807) is 17.5 Å². The fourth-order valence-electron chi connectivity index (χ4n) is 3.68. The molecule has 2 aromatic heterocycles. The van der Waals surface area contributed by atoms with Crippen LogP contribution in [0.25, 0.3) is 10.4 Å². The zero-order valence-electron chi connectivity index (χ0n) is 20.8. The smallest absolute Gasteiger partial charge is 0.166 e. The summed E-state index contributed by atoms with van der Waals surface area (Å²) >= 11 is 1.66. The standard InChI is InChI=1S/C28H33N3O3S/c1-19(2)27-31-17-24(35-27)22-15-23(26(29)30-16-22)33-18-21-9-7-8-20(14-21)11-12-28(3,4)34-25-10-5-6-13-32-25/h7-9,14-17,19,25H,5-6,10,13,18H2,1-4H3,(H2,29,30). The molecule has 2 N–H and O–H groups in total. The van der Waals surface area contributed by atoms with Crippen molar-refractivity contribution in [1.29, 1.82) is 0 Å². The molecular weight excluding hydrogens is 458 g/mol. The average molecular weight is 492 g/mol. The molecule has 1 fully saturated rings. The molecule has 0 amide bonds. The molecule has 1 unspecified atom stereocenters. The lowest BCUT2D eigenvalue weighted by molar-refractivity contribution is -0.199. The molecule has 1 aliphatic rings. The molecule has 3 aromatic rings. The second-order valence-electron chi connectivity index (χ2n) is 9.49. The van der Waals surface area contributed by atoms with Gasteiger partial charge >= 0.3 is 0 Å². The fourth-order valence-corrected chi connectivity index (χ4v) is 4.58. The van der Waals surface area contributed by atoms with Crippen molar-refractivity contribution in [3.05, 3.63) is 58.9 Å². The summed E-state index contributed by atoms with van der Waals surface area (Å²) in [6.07, 6.45) is 6.60. The molecule has 1 atom stereocenters. The Balaban J connectivity index is 1.42. The summed E-state index contributed by atoms with van der Waals surface area (Å²) < 4.78 is 17.8. The molecule has 35 heavy (non-hydrogen) atoms. The molecule has 0 bridgehead atoms. The number of ether oxygens (including phenoxy) is 3. The fraction of sp³-hybridized carbons (Fsp3) is 0.429. The lowest BCUT2D eigenvalue weighted by atomic mass is 10.1. The lowest BCUT2D eigenvalue weighted by Crippen LogP contribution is -2.33. The highest BCUT2D eigenvalue weighted by Gasteiger charge is 2.23. The molecule has 0 aliphatic carbocycles. The van der Waals surface area contributed by atoms with Gasteiger partial charge in [0.15, 0.2) is 17.9 Å². The Hall–Kier alpha value is -2.92. The molecule has 3 heterocycles. The van der Waals surface area contributed by atoms with Crippen molar-refractivity contribution in [3.63, 3.8) is 0 Å².